The van der Waals surface area contributed by atoms with Crippen LogP contribution in [0.15, 0.2) is 49.1 Å². The van der Waals surface area contributed by atoms with Crippen LogP contribution in [0.5, 0.6) is 0 Å². The fraction of sp³-hybridized carbons (Fsp3) is 0.167. The van der Waals surface area contributed by atoms with E-state index in [2.05, 4.69) is 25.5 Å². The molecule has 4 aromatic rings. The lowest BCUT2D eigenvalue weighted by Gasteiger charge is -2.08. The van der Waals surface area contributed by atoms with E-state index < -0.39 is 0 Å². The van der Waals surface area contributed by atoms with Gasteiger partial charge >= 0.3 is 0 Å². The predicted octanol–water partition coefficient (Wildman–Crippen LogP) is 2.08. The first-order valence-corrected chi connectivity index (χ1v) is 8.40. The molecule has 1 N–H and O–H groups in total. The van der Waals surface area contributed by atoms with E-state index in [4.69, 9.17) is 0 Å². The average Bonchev–Trinajstić information content (AvgIpc) is 3.34. The van der Waals surface area contributed by atoms with Crippen molar-refractivity contribution in [1.29, 1.82) is 0 Å². The van der Waals surface area contributed by atoms with Gasteiger partial charge in [-0.2, -0.15) is 19.7 Å². The number of aryl methyl sites for hydroxylation is 1. The highest BCUT2D eigenvalue weighted by Gasteiger charge is 2.16. The van der Waals surface area contributed by atoms with E-state index in [1.807, 2.05) is 13.1 Å². The minimum Gasteiger partial charge on any atom is -0.347 e. The van der Waals surface area contributed by atoms with Crippen LogP contribution in [0.1, 0.15) is 23.0 Å². The fourth-order valence-electron chi connectivity index (χ4n) is 2.69. The quantitative estimate of drug-likeness (QED) is 0.585. The Morgan fingerprint density at radius 1 is 1.22 bits per heavy atom. The van der Waals surface area contributed by atoms with E-state index in [0.29, 0.717) is 29.3 Å². The minimum absolute atomic E-state index is 0.291. The number of nitrogens with zero attached hydrogens (tertiary/aromatic N) is 6. The molecule has 3 aromatic heterocycles. The molecule has 1 amide bonds. The second kappa shape index (κ2) is 6.94. The molecule has 0 saturated heterocycles. The van der Waals surface area contributed by atoms with Gasteiger partial charge in [0.05, 0.1) is 11.9 Å². The van der Waals surface area contributed by atoms with Gasteiger partial charge in [0.1, 0.15) is 17.8 Å². The fourth-order valence-corrected chi connectivity index (χ4v) is 2.69. The molecule has 0 spiro atoms. The van der Waals surface area contributed by atoms with Crippen molar-refractivity contribution in [3.63, 3.8) is 0 Å². The summed E-state index contributed by atoms with van der Waals surface area (Å²) in [5.41, 5.74) is 2.38. The average molecular weight is 365 g/mol. The molecule has 0 saturated carbocycles. The highest BCUT2D eigenvalue weighted by Crippen LogP contribution is 2.19. The van der Waals surface area contributed by atoms with Crippen LogP contribution in [0, 0.1) is 5.82 Å². The van der Waals surface area contributed by atoms with E-state index in [9.17, 15) is 9.18 Å². The number of carbonyl (C=O) groups excluding carboxylic acids is 1. The van der Waals surface area contributed by atoms with Crippen LogP contribution >= 0.6 is 0 Å². The molecule has 0 bridgehead atoms. The van der Waals surface area contributed by atoms with Gasteiger partial charge in [-0.3, -0.25) is 9.48 Å². The van der Waals surface area contributed by atoms with Gasteiger partial charge in [-0.15, -0.1) is 0 Å². The molecular weight excluding hydrogens is 349 g/mol. The van der Waals surface area contributed by atoms with Crippen molar-refractivity contribution in [3.05, 3.63) is 66.1 Å². The summed E-state index contributed by atoms with van der Waals surface area (Å²) in [6, 6.07) is 7.50. The number of halogens is 1. The number of aromatic nitrogens is 6. The lowest BCUT2D eigenvalue weighted by atomic mass is 10.1. The largest absolute Gasteiger partial charge is 0.347 e. The summed E-state index contributed by atoms with van der Waals surface area (Å²) in [4.78, 5) is 21.2. The minimum atomic E-state index is -0.340. The summed E-state index contributed by atoms with van der Waals surface area (Å²) in [6.07, 6.45) is 4.92. The molecule has 0 fully saturated rings. The second-order valence-electron chi connectivity index (χ2n) is 5.89. The summed E-state index contributed by atoms with van der Waals surface area (Å²) in [5.74, 6) is -0.366. The van der Waals surface area contributed by atoms with Gasteiger partial charge in [0.2, 0.25) is 0 Å². The smallest absolute Gasteiger partial charge is 0.270 e. The van der Waals surface area contributed by atoms with Crippen molar-refractivity contribution in [3.8, 4) is 11.3 Å². The molecule has 4 rings (SSSR count). The monoisotopic (exact) mass is 365 g/mol. The Balaban J connectivity index is 1.64. The number of hydrogen-bond donors (Lipinski definition) is 1. The Kier molecular flexibility index (Phi) is 4.33. The number of benzene rings is 1. The Morgan fingerprint density at radius 2 is 2.04 bits per heavy atom. The highest BCUT2D eigenvalue weighted by atomic mass is 19.1. The maximum absolute atomic E-state index is 13.2. The number of carbonyl (C=O) groups is 1. The van der Waals surface area contributed by atoms with Gasteiger partial charge in [-0.25, -0.2) is 9.37 Å². The van der Waals surface area contributed by atoms with Crippen LogP contribution in [0.2, 0.25) is 0 Å². The van der Waals surface area contributed by atoms with E-state index in [1.165, 1.54) is 23.0 Å². The third kappa shape index (κ3) is 3.39. The zero-order valence-corrected chi connectivity index (χ0v) is 14.5. The van der Waals surface area contributed by atoms with E-state index in [0.717, 1.165) is 12.1 Å². The van der Waals surface area contributed by atoms with Crippen molar-refractivity contribution >= 4 is 11.7 Å². The first-order chi connectivity index (χ1) is 13.1. The van der Waals surface area contributed by atoms with E-state index in [1.54, 1.807) is 29.1 Å². The molecule has 9 heteroatoms. The molecule has 27 heavy (non-hydrogen) atoms. The van der Waals surface area contributed by atoms with Crippen LogP contribution in [0.25, 0.3) is 17.0 Å². The lowest BCUT2D eigenvalue weighted by molar-refractivity contribution is 0.0943. The Bertz CT molecular complexity index is 1100. The van der Waals surface area contributed by atoms with Crippen LogP contribution < -0.4 is 5.32 Å². The van der Waals surface area contributed by atoms with Crippen molar-refractivity contribution in [2.75, 3.05) is 0 Å². The topological polar surface area (TPSA) is 90.0 Å². The second-order valence-corrected chi connectivity index (χ2v) is 5.89. The SMILES string of the molecule is CCn1cc(CNC(=O)c2cc(-c3ccc(F)cc3)nc3ncnn23)cn1. The highest BCUT2D eigenvalue weighted by molar-refractivity contribution is 5.94. The first kappa shape index (κ1) is 16.8. The van der Waals surface area contributed by atoms with Crippen LogP contribution in [-0.2, 0) is 13.1 Å². The van der Waals surface area contributed by atoms with Crippen molar-refractivity contribution < 1.29 is 9.18 Å². The van der Waals surface area contributed by atoms with E-state index >= 15 is 0 Å². The van der Waals surface area contributed by atoms with Gasteiger partial charge in [0.25, 0.3) is 11.7 Å². The molecule has 8 nitrogen and oxygen atoms in total. The zero-order chi connectivity index (χ0) is 18.8. The summed E-state index contributed by atoms with van der Waals surface area (Å²) in [5, 5.41) is 11.1. The van der Waals surface area contributed by atoms with Crippen molar-refractivity contribution in [2.45, 2.75) is 20.0 Å². The zero-order valence-electron chi connectivity index (χ0n) is 14.5. The molecule has 1 aromatic carbocycles. The number of rotatable bonds is 5. The molecule has 0 unspecified atom stereocenters. The van der Waals surface area contributed by atoms with Gasteiger partial charge in [-0.1, -0.05) is 0 Å². The summed E-state index contributed by atoms with van der Waals surface area (Å²) >= 11 is 0. The van der Waals surface area contributed by atoms with Crippen LogP contribution in [0.4, 0.5) is 4.39 Å². The van der Waals surface area contributed by atoms with Crippen LogP contribution in [-0.4, -0.2) is 35.3 Å². The lowest BCUT2D eigenvalue weighted by Crippen LogP contribution is -2.25. The van der Waals surface area contributed by atoms with Crippen molar-refractivity contribution in [2.24, 2.45) is 0 Å². The molecule has 3 heterocycles. The molecule has 0 aliphatic carbocycles. The number of nitrogens with one attached hydrogen (secondary N) is 1. The number of amides is 1. The standard InChI is InChI=1S/C18H16FN7O/c1-2-25-10-12(9-22-25)8-20-17(27)16-7-15(13-3-5-14(19)6-4-13)24-18-21-11-23-26(16)18/h3-7,9-11H,2,8H2,1H3,(H,20,27). The summed E-state index contributed by atoms with van der Waals surface area (Å²) in [6.45, 7) is 3.09. The van der Waals surface area contributed by atoms with Gasteiger partial charge < -0.3 is 5.32 Å². The Morgan fingerprint density at radius 3 is 2.78 bits per heavy atom. The Labute approximate surface area is 153 Å². The summed E-state index contributed by atoms with van der Waals surface area (Å²) < 4.78 is 16.3. The third-order valence-electron chi connectivity index (χ3n) is 4.09. The van der Waals surface area contributed by atoms with Gasteiger partial charge in [-0.05, 0) is 37.3 Å². The molecule has 136 valence electrons. The normalized spacial score (nSPS) is 11.0. The molecular formula is C18H16FN7O. The molecule has 0 aliphatic heterocycles. The van der Waals surface area contributed by atoms with Gasteiger partial charge in [0.15, 0.2) is 0 Å². The molecule has 0 radical (unpaired) electrons. The maximum atomic E-state index is 13.2. The first-order valence-electron chi connectivity index (χ1n) is 8.40. The summed E-state index contributed by atoms with van der Waals surface area (Å²) in [7, 11) is 0. The number of hydrogen-bond acceptors (Lipinski definition) is 5. The molecule has 0 aliphatic rings. The van der Waals surface area contributed by atoms with E-state index in [-0.39, 0.29) is 11.7 Å². The Hall–Kier alpha value is -3.62. The molecule has 0 atom stereocenters. The third-order valence-corrected chi connectivity index (χ3v) is 4.09. The predicted molar refractivity (Wildman–Crippen MR) is 95.2 cm³/mol. The number of fused-ring (bicyclic) bond motifs is 1. The maximum Gasteiger partial charge on any atom is 0.270 e. The van der Waals surface area contributed by atoms with Gasteiger partial charge in [0, 0.05) is 30.4 Å². The van der Waals surface area contributed by atoms with Crippen molar-refractivity contribution in [1.82, 2.24) is 34.7 Å². The van der Waals surface area contributed by atoms with Crippen LogP contribution in [0.3, 0.4) is 0 Å².